The molecule has 1 aromatic heterocycles. The number of nitrogens with zero attached hydrogens (tertiary/aromatic N) is 3. The quantitative estimate of drug-likeness (QED) is 0.183. The highest BCUT2D eigenvalue weighted by molar-refractivity contribution is 5.85. The van der Waals surface area contributed by atoms with Crippen LogP contribution in [-0.2, 0) is 5.41 Å². The Morgan fingerprint density at radius 3 is 1.35 bits per heavy atom. The summed E-state index contributed by atoms with van der Waals surface area (Å²) in [6, 6.07) is 54.7. The molecule has 4 saturated carbocycles. The molecule has 0 N–H and O–H groups in total. The first kappa shape index (κ1) is 30.0. The van der Waals surface area contributed by atoms with Gasteiger partial charge in [0.05, 0.1) is 0 Å². The van der Waals surface area contributed by atoms with Crippen LogP contribution in [0.15, 0.2) is 152 Å². The van der Waals surface area contributed by atoms with Gasteiger partial charge in [-0.05, 0) is 118 Å². The molecule has 5 aliphatic carbocycles. The summed E-state index contributed by atoms with van der Waals surface area (Å²) >= 11 is 0. The van der Waals surface area contributed by atoms with E-state index in [1.54, 1.807) is 11.1 Å². The molecule has 0 atom stereocenters. The first-order chi connectivity index (χ1) is 25.7. The fraction of sp³-hybridized carbons (Fsp3) is 0.204. The molecule has 5 aliphatic rings. The first-order valence-electron chi connectivity index (χ1n) is 19.0. The normalized spacial score (nSPS) is 23.5. The summed E-state index contributed by atoms with van der Waals surface area (Å²) in [6.07, 6.45) is 6.99. The predicted molar refractivity (Wildman–Crippen MR) is 210 cm³/mol. The molecule has 0 unspecified atom stereocenters. The van der Waals surface area contributed by atoms with Crippen molar-refractivity contribution < 1.29 is 0 Å². The second kappa shape index (κ2) is 11.7. The molecule has 3 nitrogen and oxygen atoms in total. The van der Waals surface area contributed by atoms with Crippen molar-refractivity contribution in [3.8, 4) is 67.5 Å². The average Bonchev–Trinajstić information content (AvgIpc) is 3.50. The highest BCUT2D eigenvalue weighted by Crippen LogP contribution is 2.69. The van der Waals surface area contributed by atoms with Crippen molar-refractivity contribution >= 4 is 0 Å². The van der Waals surface area contributed by atoms with Gasteiger partial charge in [-0.1, -0.05) is 133 Å². The van der Waals surface area contributed by atoms with E-state index in [0.717, 1.165) is 51.5 Å². The Bertz CT molecular complexity index is 2350. The van der Waals surface area contributed by atoms with Crippen LogP contribution in [-0.4, -0.2) is 15.0 Å². The molecular formula is C49H39N3. The third kappa shape index (κ3) is 4.61. The highest BCUT2D eigenvalue weighted by atomic mass is 15.0. The van der Waals surface area contributed by atoms with Crippen LogP contribution in [0.5, 0.6) is 0 Å². The van der Waals surface area contributed by atoms with E-state index in [4.69, 9.17) is 15.0 Å². The van der Waals surface area contributed by atoms with Crippen molar-refractivity contribution in [3.63, 3.8) is 0 Å². The zero-order valence-electron chi connectivity index (χ0n) is 29.1. The molecule has 7 aromatic rings. The molecule has 3 heteroatoms. The molecule has 52 heavy (non-hydrogen) atoms. The maximum absolute atomic E-state index is 5.25. The Labute approximate surface area is 305 Å². The van der Waals surface area contributed by atoms with Crippen LogP contribution in [0.3, 0.4) is 0 Å². The van der Waals surface area contributed by atoms with Gasteiger partial charge in [0, 0.05) is 22.1 Å². The van der Waals surface area contributed by atoms with Crippen LogP contribution >= 0.6 is 0 Å². The van der Waals surface area contributed by atoms with Gasteiger partial charge in [-0.15, -0.1) is 0 Å². The summed E-state index contributed by atoms with van der Waals surface area (Å²) in [5.41, 5.74) is 13.7. The predicted octanol–water partition coefficient (Wildman–Crippen LogP) is 11.9. The number of hydrogen-bond acceptors (Lipinski definition) is 3. The molecule has 0 aliphatic heterocycles. The van der Waals surface area contributed by atoms with Gasteiger partial charge in [0.2, 0.25) is 0 Å². The second-order valence-corrected chi connectivity index (χ2v) is 15.7. The van der Waals surface area contributed by atoms with Crippen LogP contribution in [0.25, 0.3) is 67.5 Å². The van der Waals surface area contributed by atoms with Gasteiger partial charge in [0.15, 0.2) is 17.5 Å². The molecule has 4 fully saturated rings. The SMILES string of the molecule is c1ccc(-c2cccc(-c3nc(-c4cccc(-c5ccccc5)c4)nc(-c4ccc5c(c4)-c4ccccc4C54C5CC6CC(C5)CC4C6)n3)c2)cc1. The highest BCUT2D eigenvalue weighted by Gasteiger charge is 2.61. The Morgan fingerprint density at radius 1 is 0.346 bits per heavy atom. The molecule has 0 amide bonds. The number of fused-ring (bicyclic) bond motifs is 3. The van der Waals surface area contributed by atoms with Gasteiger partial charge in [0.25, 0.3) is 0 Å². The van der Waals surface area contributed by atoms with Crippen molar-refractivity contribution in [1.82, 2.24) is 15.0 Å². The molecule has 0 radical (unpaired) electrons. The fourth-order valence-electron chi connectivity index (χ4n) is 11.0. The maximum atomic E-state index is 5.25. The molecule has 1 heterocycles. The van der Waals surface area contributed by atoms with Gasteiger partial charge < -0.3 is 0 Å². The molecule has 4 bridgehead atoms. The Balaban J connectivity index is 1.08. The van der Waals surface area contributed by atoms with E-state index >= 15 is 0 Å². The van der Waals surface area contributed by atoms with E-state index in [1.165, 1.54) is 54.4 Å². The topological polar surface area (TPSA) is 38.7 Å². The van der Waals surface area contributed by atoms with Gasteiger partial charge in [-0.2, -0.15) is 0 Å². The van der Waals surface area contributed by atoms with E-state index in [1.807, 2.05) is 0 Å². The fourth-order valence-corrected chi connectivity index (χ4v) is 11.0. The van der Waals surface area contributed by atoms with E-state index in [-0.39, 0.29) is 5.41 Å². The minimum absolute atomic E-state index is 0.142. The lowest BCUT2D eigenvalue weighted by atomic mass is 9.43. The molecule has 6 aromatic carbocycles. The summed E-state index contributed by atoms with van der Waals surface area (Å²) in [5, 5.41) is 0. The summed E-state index contributed by atoms with van der Waals surface area (Å²) in [4.78, 5) is 15.7. The van der Waals surface area contributed by atoms with Crippen molar-refractivity contribution in [3.05, 3.63) is 163 Å². The average molecular weight is 670 g/mol. The van der Waals surface area contributed by atoms with Gasteiger partial charge >= 0.3 is 0 Å². The van der Waals surface area contributed by atoms with Crippen molar-refractivity contribution in [1.29, 1.82) is 0 Å². The van der Waals surface area contributed by atoms with E-state index < -0.39 is 0 Å². The Hall–Kier alpha value is -5.67. The molecule has 0 saturated heterocycles. The monoisotopic (exact) mass is 669 g/mol. The molecule has 12 rings (SSSR count). The number of benzene rings is 6. The minimum atomic E-state index is 0.142. The Kier molecular flexibility index (Phi) is 6.74. The van der Waals surface area contributed by atoms with Crippen molar-refractivity contribution in [2.45, 2.75) is 37.5 Å². The Morgan fingerprint density at radius 2 is 0.788 bits per heavy atom. The zero-order chi connectivity index (χ0) is 34.2. The molecule has 1 spiro atoms. The van der Waals surface area contributed by atoms with Crippen LogP contribution in [0, 0.1) is 23.7 Å². The van der Waals surface area contributed by atoms with Crippen molar-refractivity contribution in [2.75, 3.05) is 0 Å². The van der Waals surface area contributed by atoms with Gasteiger partial charge in [0.1, 0.15) is 0 Å². The number of hydrogen-bond donors (Lipinski definition) is 0. The maximum Gasteiger partial charge on any atom is 0.164 e. The van der Waals surface area contributed by atoms with Crippen LogP contribution in [0.1, 0.15) is 43.2 Å². The lowest BCUT2D eigenvalue weighted by Gasteiger charge is -2.61. The van der Waals surface area contributed by atoms with E-state index in [9.17, 15) is 0 Å². The first-order valence-corrected chi connectivity index (χ1v) is 19.0. The molecule has 250 valence electrons. The van der Waals surface area contributed by atoms with Crippen molar-refractivity contribution in [2.24, 2.45) is 23.7 Å². The molecular weight excluding hydrogens is 631 g/mol. The minimum Gasteiger partial charge on any atom is -0.208 e. The summed E-state index contributed by atoms with van der Waals surface area (Å²) in [6.45, 7) is 0. The summed E-state index contributed by atoms with van der Waals surface area (Å²) < 4.78 is 0. The smallest absolute Gasteiger partial charge is 0.164 e. The number of rotatable bonds is 5. The summed E-state index contributed by atoms with van der Waals surface area (Å²) in [7, 11) is 0. The lowest BCUT2D eigenvalue weighted by Crippen LogP contribution is -2.55. The summed E-state index contributed by atoms with van der Waals surface area (Å²) in [5.74, 6) is 5.39. The third-order valence-corrected chi connectivity index (χ3v) is 12.9. The van der Waals surface area contributed by atoms with Crippen LogP contribution in [0.4, 0.5) is 0 Å². The van der Waals surface area contributed by atoms with Gasteiger partial charge in [-0.3, -0.25) is 0 Å². The van der Waals surface area contributed by atoms with Crippen LogP contribution in [0.2, 0.25) is 0 Å². The second-order valence-electron chi connectivity index (χ2n) is 15.7. The largest absolute Gasteiger partial charge is 0.208 e. The zero-order valence-corrected chi connectivity index (χ0v) is 29.1. The van der Waals surface area contributed by atoms with Gasteiger partial charge in [-0.25, -0.2) is 15.0 Å². The van der Waals surface area contributed by atoms with Crippen LogP contribution < -0.4 is 0 Å². The van der Waals surface area contributed by atoms with E-state index in [2.05, 4.69) is 152 Å². The van der Waals surface area contributed by atoms with E-state index in [0.29, 0.717) is 17.5 Å². The number of aromatic nitrogens is 3. The third-order valence-electron chi connectivity index (χ3n) is 12.9. The lowest BCUT2D eigenvalue weighted by molar-refractivity contribution is -0.0399. The standard InChI is InChI=1S/C49H39N3/c1-3-11-33(12-4-1)35-15-9-17-37(28-35)46-50-47(38-18-10-16-36(29-38)34-13-5-2-6-14-34)52-48(51-46)39-21-22-45-43(30-39)42-19-7-8-20-44(42)49(45)40-24-31-23-32(26-40)27-41(49)25-31/h1-22,28-32,40-41H,23-27H2.